The molecule has 0 aromatic heterocycles. The van der Waals surface area contributed by atoms with Gasteiger partial charge in [-0.05, 0) is 37.1 Å². The Morgan fingerprint density at radius 3 is 2.50 bits per heavy atom. The van der Waals surface area contributed by atoms with Crippen molar-refractivity contribution in [3.63, 3.8) is 0 Å². The molecule has 0 heterocycles. The van der Waals surface area contributed by atoms with Gasteiger partial charge in [-0.15, -0.1) is 0 Å². The Morgan fingerprint density at radius 2 is 1.95 bits per heavy atom. The zero-order chi connectivity index (χ0) is 15.0. The second-order valence-electron chi connectivity index (χ2n) is 4.37. The monoisotopic (exact) mass is 298 g/mol. The van der Waals surface area contributed by atoms with E-state index >= 15 is 0 Å². The van der Waals surface area contributed by atoms with E-state index in [1.54, 1.807) is 24.3 Å². The normalized spacial score (nSPS) is 11.8. The minimum absolute atomic E-state index is 0.0237. The van der Waals surface area contributed by atoms with E-state index in [0.717, 1.165) is 6.42 Å². The molecule has 5 nitrogen and oxygen atoms in total. The van der Waals surface area contributed by atoms with Crippen LogP contribution in [-0.2, 0) is 4.79 Å². The number of carbonyl (C=O) groups excluding carboxylic acids is 2. The summed E-state index contributed by atoms with van der Waals surface area (Å²) in [5.74, 6) is -0.598. The molecule has 0 aliphatic carbocycles. The summed E-state index contributed by atoms with van der Waals surface area (Å²) in [6, 6.07) is 6.35. The predicted octanol–water partition coefficient (Wildman–Crippen LogP) is 1.35. The Kier molecular flexibility index (Phi) is 7.04. The van der Waals surface area contributed by atoms with Crippen LogP contribution in [0.2, 0.25) is 5.02 Å². The second kappa shape index (κ2) is 8.55. The molecule has 0 spiro atoms. The number of halogens is 1. The molecule has 1 atom stereocenters. The highest BCUT2D eigenvalue weighted by atomic mass is 35.5. The Morgan fingerprint density at radius 1 is 1.30 bits per heavy atom. The van der Waals surface area contributed by atoms with Gasteiger partial charge in [0.25, 0.3) is 5.91 Å². The molecule has 6 heteroatoms. The van der Waals surface area contributed by atoms with Crippen LogP contribution in [0.3, 0.4) is 0 Å². The fraction of sp³-hybridized carbons (Fsp3) is 0.429. The van der Waals surface area contributed by atoms with Gasteiger partial charge >= 0.3 is 0 Å². The summed E-state index contributed by atoms with van der Waals surface area (Å²) in [5, 5.41) is 14.7. The van der Waals surface area contributed by atoms with E-state index in [0.29, 0.717) is 17.0 Å². The maximum Gasteiger partial charge on any atom is 0.251 e. The summed E-state index contributed by atoms with van der Waals surface area (Å²) < 4.78 is 0. The number of carbonyl (C=O) groups is 2. The van der Waals surface area contributed by atoms with Crippen LogP contribution in [0.5, 0.6) is 0 Å². The van der Waals surface area contributed by atoms with Gasteiger partial charge in [-0.3, -0.25) is 9.59 Å². The Bertz CT molecular complexity index is 448. The van der Waals surface area contributed by atoms with Gasteiger partial charge in [-0.2, -0.15) is 0 Å². The first-order valence-corrected chi connectivity index (χ1v) is 6.88. The lowest BCUT2D eigenvalue weighted by Gasteiger charge is -2.15. The van der Waals surface area contributed by atoms with Crippen molar-refractivity contribution in [2.45, 2.75) is 25.8 Å². The first-order valence-electron chi connectivity index (χ1n) is 6.50. The number of amides is 2. The molecule has 20 heavy (non-hydrogen) atoms. The van der Waals surface area contributed by atoms with Gasteiger partial charge in [0.05, 0.1) is 6.54 Å². The van der Waals surface area contributed by atoms with E-state index in [4.69, 9.17) is 16.7 Å². The molecule has 1 rings (SSSR count). The van der Waals surface area contributed by atoms with E-state index in [9.17, 15) is 9.59 Å². The van der Waals surface area contributed by atoms with Crippen LogP contribution in [0.15, 0.2) is 24.3 Å². The van der Waals surface area contributed by atoms with Gasteiger partial charge in [0.1, 0.15) is 0 Å². The van der Waals surface area contributed by atoms with Gasteiger partial charge in [-0.25, -0.2) is 0 Å². The van der Waals surface area contributed by atoms with Crippen molar-refractivity contribution in [3.05, 3.63) is 34.9 Å². The Balaban J connectivity index is 2.40. The van der Waals surface area contributed by atoms with Crippen LogP contribution >= 0.6 is 11.6 Å². The number of benzene rings is 1. The SMILES string of the molecule is CCC(CCO)NC(=O)CNC(=O)c1ccc(Cl)cc1. The molecule has 110 valence electrons. The van der Waals surface area contributed by atoms with Crippen molar-refractivity contribution in [1.29, 1.82) is 0 Å². The van der Waals surface area contributed by atoms with Gasteiger partial charge in [0.2, 0.25) is 5.91 Å². The molecule has 1 aromatic carbocycles. The third-order valence-corrected chi connectivity index (χ3v) is 3.10. The number of aliphatic hydroxyl groups is 1. The minimum atomic E-state index is -0.327. The summed E-state index contributed by atoms with van der Waals surface area (Å²) in [4.78, 5) is 23.4. The average Bonchev–Trinajstić information content (AvgIpc) is 2.45. The zero-order valence-corrected chi connectivity index (χ0v) is 12.1. The van der Waals surface area contributed by atoms with Crippen LogP contribution < -0.4 is 10.6 Å². The maximum absolute atomic E-state index is 11.8. The highest BCUT2D eigenvalue weighted by Crippen LogP contribution is 2.09. The zero-order valence-electron chi connectivity index (χ0n) is 11.4. The van der Waals surface area contributed by atoms with E-state index in [1.165, 1.54) is 0 Å². The van der Waals surface area contributed by atoms with Crippen LogP contribution in [0.4, 0.5) is 0 Å². The van der Waals surface area contributed by atoms with E-state index < -0.39 is 0 Å². The standard InChI is InChI=1S/C14H19ClN2O3/c1-2-12(7-8-18)17-13(19)9-16-14(20)10-3-5-11(15)6-4-10/h3-6,12,18H,2,7-9H2,1H3,(H,16,20)(H,17,19). The molecular weight excluding hydrogens is 280 g/mol. The quantitative estimate of drug-likeness (QED) is 0.711. The number of aliphatic hydroxyl groups excluding tert-OH is 1. The van der Waals surface area contributed by atoms with E-state index in [1.807, 2.05) is 6.92 Å². The van der Waals surface area contributed by atoms with Crippen LogP contribution in [-0.4, -0.2) is 36.1 Å². The third-order valence-electron chi connectivity index (χ3n) is 2.85. The third kappa shape index (κ3) is 5.59. The molecule has 3 N–H and O–H groups in total. The lowest BCUT2D eigenvalue weighted by atomic mass is 10.1. The molecule has 0 radical (unpaired) electrons. The van der Waals surface area contributed by atoms with Crippen LogP contribution in [0.1, 0.15) is 30.1 Å². The molecule has 0 bridgehead atoms. The molecule has 0 saturated carbocycles. The summed E-state index contributed by atoms with van der Waals surface area (Å²) in [6.07, 6.45) is 1.24. The number of hydrogen-bond acceptors (Lipinski definition) is 3. The molecule has 0 aliphatic heterocycles. The van der Waals surface area contributed by atoms with Crippen molar-refractivity contribution in [2.75, 3.05) is 13.2 Å². The van der Waals surface area contributed by atoms with Crippen molar-refractivity contribution in [2.24, 2.45) is 0 Å². The van der Waals surface area contributed by atoms with Crippen LogP contribution in [0, 0.1) is 0 Å². The molecule has 1 aromatic rings. The lowest BCUT2D eigenvalue weighted by Crippen LogP contribution is -2.42. The molecule has 0 saturated heterocycles. The highest BCUT2D eigenvalue weighted by molar-refractivity contribution is 6.30. The predicted molar refractivity (Wildman–Crippen MR) is 77.7 cm³/mol. The smallest absolute Gasteiger partial charge is 0.251 e. The number of nitrogens with one attached hydrogen (secondary N) is 2. The Hall–Kier alpha value is -1.59. The van der Waals surface area contributed by atoms with Crippen molar-refractivity contribution >= 4 is 23.4 Å². The second-order valence-corrected chi connectivity index (χ2v) is 4.81. The average molecular weight is 299 g/mol. The first kappa shape index (κ1) is 16.5. The Labute approximate surface area is 123 Å². The molecule has 0 fully saturated rings. The molecular formula is C14H19ClN2O3. The largest absolute Gasteiger partial charge is 0.396 e. The van der Waals surface area contributed by atoms with E-state index in [2.05, 4.69) is 10.6 Å². The topological polar surface area (TPSA) is 78.4 Å². The molecule has 2 amide bonds. The van der Waals surface area contributed by atoms with Gasteiger partial charge in [-0.1, -0.05) is 18.5 Å². The maximum atomic E-state index is 11.8. The van der Waals surface area contributed by atoms with E-state index in [-0.39, 0.29) is 31.0 Å². The van der Waals surface area contributed by atoms with Gasteiger partial charge in [0.15, 0.2) is 0 Å². The summed E-state index contributed by atoms with van der Waals surface area (Å²) >= 11 is 5.73. The summed E-state index contributed by atoms with van der Waals surface area (Å²) in [7, 11) is 0. The fourth-order valence-corrected chi connectivity index (χ4v) is 1.80. The van der Waals surface area contributed by atoms with Crippen LogP contribution in [0.25, 0.3) is 0 Å². The molecule has 1 unspecified atom stereocenters. The van der Waals surface area contributed by atoms with Crippen molar-refractivity contribution < 1.29 is 14.7 Å². The minimum Gasteiger partial charge on any atom is -0.396 e. The number of hydrogen-bond donors (Lipinski definition) is 3. The summed E-state index contributed by atoms with van der Waals surface area (Å²) in [6.45, 7) is 1.85. The molecule has 0 aliphatic rings. The number of rotatable bonds is 7. The highest BCUT2D eigenvalue weighted by Gasteiger charge is 2.11. The van der Waals surface area contributed by atoms with Gasteiger partial charge in [0, 0.05) is 23.2 Å². The van der Waals surface area contributed by atoms with Gasteiger partial charge < -0.3 is 15.7 Å². The first-order chi connectivity index (χ1) is 9.56. The fourth-order valence-electron chi connectivity index (χ4n) is 1.68. The summed E-state index contributed by atoms with van der Waals surface area (Å²) in [5.41, 5.74) is 0.449. The van der Waals surface area contributed by atoms with Crippen molar-refractivity contribution in [3.8, 4) is 0 Å². The lowest BCUT2D eigenvalue weighted by molar-refractivity contribution is -0.120. The van der Waals surface area contributed by atoms with Crippen molar-refractivity contribution in [1.82, 2.24) is 10.6 Å².